The van der Waals surface area contributed by atoms with Crippen molar-refractivity contribution in [3.8, 4) is 5.75 Å². The van der Waals surface area contributed by atoms with Crippen LogP contribution in [-0.4, -0.2) is 53.6 Å². The quantitative estimate of drug-likeness (QED) is 0.321. The van der Waals surface area contributed by atoms with E-state index >= 15 is 0 Å². The van der Waals surface area contributed by atoms with E-state index in [1.165, 1.54) is 11.1 Å². The molecule has 0 radical (unpaired) electrons. The molecule has 0 aliphatic heterocycles. The van der Waals surface area contributed by atoms with Crippen LogP contribution in [0.3, 0.4) is 0 Å². The number of carbonyl (C=O) groups excluding carboxylic acids is 1. The number of hydrogen-bond donors (Lipinski definition) is 4. The Bertz CT molecular complexity index is 1080. The SMILES string of the molecule is Cc1cccc(CCN(CCNCCc2ccc(O)c3[nH]c(=O)sc23)CCC(N)=O)c1. The zero-order valence-electron chi connectivity index (χ0n) is 17.8. The van der Waals surface area contributed by atoms with Crippen LogP contribution in [0.5, 0.6) is 5.75 Å². The number of aromatic hydroxyl groups is 1. The van der Waals surface area contributed by atoms with Crippen LogP contribution in [-0.2, 0) is 17.6 Å². The molecule has 0 aliphatic rings. The smallest absolute Gasteiger partial charge is 0.305 e. The van der Waals surface area contributed by atoms with Crippen molar-refractivity contribution in [2.75, 3.05) is 32.7 Å². The summed E-state index contributed by atoms with van der Waals surface area (Å²) < 4.78 is 0.813. The van der Waals surface area contributed by atoms with Gasteiger partial charge >= 0.3 is 4.87 Å². The van der Waals surface area contributed by atoms with Crippen molar-refractivity contribution in [3.05, 3.63) is 62.8 Å². The molecule has 5 N–H and O–H groups in total. The number of phenols is 1. The Hall–Kier alpha value is -2.68. The number of benzene rings is 2. The average Bonchev–Trinajstić information content (AvgIpc) is 3.13. The van der Waals surface area contributed by atoms with Crippen LogP contribution in [0.1, 0.15) is 23.1 Å². The molecule has 7 nitrogen and oxygen atoms in total. The van der Waals surface area contributed by atoms with E-state index in [0.29, 0.717) is 18.5 Å². The molecule has 3 aromatic rings. The standard InChI is InChI=1S/C23H30N4O3S/c1-16-3-2-4-17(15-16)8-12-27(13-9-20(24)29)14-11-25-10-7-18-5-6-19(28)21-22(18)31-23(30)26-21/h2-6,15,25,28H,7-14H2,1H3,(H2,24,29)(H,26,30). The molecule has 0 saturated heterocycles. The fourth-order valence-corrected chi connectivity index (χ4v) is 4.51. The lowest BCUT2D eigenvalue weighted by Gasteiger charge is -2.22. The molecule has 8 heteroatoms. The fraction of sp³-hybridized carbons (Fsp3) is 0.391. The van der Waals surface area contributed by atoms with Crippen LogP contribution < -0.4 is 15.9 Å². The highest BCUT2D eigenvalue weighted by Gasteiger charge is 2.10. The summed E-state index contributed by atoms with van der Waals surface area (Å²) in [5.41, 5.74) is 9.43. The van der Waals surface area contributed by atoms with E-state index in [-0.39, 0.29) is 16.5 Å². The number of primary amides is 1. The second-order valence-corrected chi connectivity index (χ2v) is 8.74. The summed E-state index contributed by atoms with van der Waals surface area (Å²) in [7, 11) is 0. The molecular weight excluding hydrogens is 412 g/mol. The van der Waals surface area contributed by atoms with E-state index < -0.39 is 0 Å². The zero-order chi connectivity index (χ0) is 22.2. The van der Waals surface area contributed by atoms with Crippen LogP contribution in [0.2, 0.25) is 0 Å². The van der Waals surface area contributed by atoms with E-state index in [1.54, 1.807) is 6.07 Å². The number of rotatable bonds is 12. The van der Waals surface area contributed by atoms with E-state index in [0.717, 1.165) is 60.6 Å². The number of aromatic nitrogens is 1. The Kier molecular flexibility index (Phi) is 8.22. The van der Waals surface area contributed by atoms with Gasteiger partial charge in [0.25, 0.3) is 0 Å². The lowest BCUT2D eigenvalue weighted by Crippen LogP contribution is -2.36. The minimum Gasteiger partial charge on any atom is -0.506 e. The number of phenolic OH excluding ortho intramolecular Hbond substituents is 1. The molecule has 0 aliphatic carbocycles. The summed E-state index contributed by atoms with van der Waals surface area (Å²) in [5.74, 6) is -0.181. The Morgan fingerprint density at radius 3 is 2.77 bits per heavy atom. The summed E-state index contributed by atoms with van der Waals surface area (Å²) in [4.78, 5) is 27.6. The molecule has 166 valence electrons. The molecule has 0 spiro atoms. The summed E-state index contributed by atoms with van der Waals surface area (Å²) >= 11 is 1.13. The first kappa shape index (κ1) is 23.0. The van der Waals surface area contributed by atoms with Gasteiger partial charge in [-0.05, 0) is 43.5 Å². The van der Waals surface area contributed by atoms with Gasteiger partial charge in [-0.15, -0.1) is 0 Å². The minimum absolute atomic E-state index is 0.101. The third kappa shape index (κ3) is 6.92. The molecule has 0 unspecified atom stereocenters. The first-order valence-electron chi connectivity index (χ1n) is 10.5. The van der Waals surface area contributed by atoms with Gasteiger partial charge in [0.05, 0.1) is 4.70 Å². The zero-order valence-corrected chi connectivity index (χ0v) is 18.6. The third-order valence-electron chi connectivity index (χ3n) is 5.29. The molecule has 1 amide bonds. The molecular formula is C23H30N4O3S. The number of carbonyl (C=O) groups is 1. The van der Waals surface area contributed by atoms with E-state index in [1.807, 2.05) is 6.07 Å². The molecule has 1 aromatic heterocycles. The Balaban J connectivity index is 1.48. The van der Waals surface area contributed by atoms with Crippen LogP contribution in [0.15, 0.2) is 41.2 Å². The lowest BCUT2D eigenvalue weighted by atomic mass is 10.1. The number of aromatic amines is 1. The normalized spacial score (nSPS) is 11.4. The summed E-state index contributed by atoms with van der Waals surface area (Å²) in [6.07, 6.45) is 2.04. The molecule has 1 heterocycles. The molecule has 0 atom stereocenters. The predicted molar refractivity (Wildman–Crippen MR) is 126 cm³/mol. The van der Waals surface area contributed by atoms with Gasteiger partial charge in [-0.2, -0.15) is 0 Å². The van der Waals surface area contributed by atoms with Crippen molar-refractivity contribution in [1.29, 1.82) is 0 Å². The number of fused-ring (bicyclic) bond motifs is 1. The maximum absolute atomic E-state index is 11.6. The summed E-state index contributed by atoms with van der Waals surface area (Å²) in [6, 6.07) is 12.0. The Labute approximate surface area is 185 Å². The van der Waals surface area contributed by atoms with Gasteiger partial charge in [-0.3, -0.25) is 9.59 Å². The van der Waals surface area contributed by atoms with Gasteiger partial charge in [0.1, 0.15) is 11.3 Å². The first-order valence-corrected chi connectivity index (χ1v) is 11.3. The maximum atomic E-state index is 11.6. The largest absolute Gasteiger partial charge is 0.506 e. The van der Waals surface area contributed by atoms with Gasteiger partial charge in [0, 0.05) is 32.6 Å². The molecule has 2 aromatic carbocycles. The first-order chi connectivity index (χ1) is 14.9. The van der Waals surface area contributed by atoms with Gasteiger partial charge in [0.15, 0.2) is 0 Å². The van der Waals surface area contributed by atoms with Gasteiger partial charge < -0.3 is 26.0 Å². The average molecular weight is 443 g/mol. The number of aryl methyl sites for hydroxylation is 1. The Morgan fingerprint density at radius 2 is 2.00 bits per heavy atom. The molecule has 0 saturated carbocycles. The van der Waals surface area contributed by atoms with Gasteiger partial charge in [0.2, 0.25) is 5.91 Å². The van der Waals surface area contributed by atoms with Crippen molar-refractivity contribution in [2.24, 2.45) is 5.73 Å². The summed E-state index contributed by atoms with van der Waals surface area (Å²) in [5, 5.41) is 13.3. The van der Waals surface area contributed by atoms with Crippen LogP contribution in [0, 0.1) is 6.92 Å². The minimum atomic E-state index is -0.282. The monoisotopic (exact) mass is 442 g/mol. The number of nitrogens with zero attached hydrogens (tertiary/aromatic N) is 1. The van der Waals surface area contributed by atoms with Crippen molar-refractivity contribution >= 4 is 27.5 Å². The van der Waals surface area contributed by atoms with E-state index in [4.69, 9.17) is 5.73 Å². The van der Waals surface area contributed by atoms with Crippen molar-refractivity contribution < 1.29 is 9.90 Å². The molecule has 0 bridgehead atoms. The van der Waals surface area contributed by atoms with Crippen LogP contribution in [0.4, 0.5) is 0 Å². The Morgan fingerprint density at radius 1 is 1.16 bits per heavy atom. The van der Waals surface area contributed by atoms with Crippen molar-refractivity contribution in [2.45, 2.75) is 26.2 Å². The van der Waals surface area contributed by atoms with E-state index in [2.05, 4.69) is 46.4 Å². The number of amides is 1. The topological polar surface area (TPSA) is 111 Å². The fourth-order valence-electron chi connectivity index (χ4n) is 3.61. The highest BCUT2D eigenvalue weighted by molar-refractivity contribution is 7.16. The second kappa shape index (κ2) is 11.1. The number of nitrogens with two attached hydrogens (primary N) is 1. The maximum Gasteiger partial charge on any atom is 0.305 e. The lowest BCUT2D eigenvalue weighted by molar-refractivity contribution is -0.118. The van der Waals surface area contributed by atoms with Crippen molar-refractivity contribution in [1.82, 2.24) is 15.2 Å². The molecule has 31 heavy (non-hydrogen) atoms. The predicted octanol–water partition coefficient (Wildman–Crippen LogP) is 2.16. The number of nitrogens with one attached hydrogen (secondary N) is 2. The number of thiazole rings is 1. The highest BCUT2D eigenvalue weighted by atomic mass is 32.1. The third-order valence-corrected chi connectivity index (χ3v) is 6.25. The van der Waals surface area contributed by atoms with Crippen LogP contribution >= 0.6 is 11.3 Å². The second-order valence-electron chi connectivity index (χ2n) is 7.76. The highest BCUT2D eigenvalue weighted by Crippen LogP contribution is 2.27. The van der Waals surface area contributed by atoms with Crippen LogP contribution in [0.25, 0.3) is 10.2 Å². The number of hydrogen-bond acceptors (Lipinski definition) is 6. The van der Waals surface area contributed by atoms with E-state index in [9.17, 15) is 14.7 Å². The number of H-pyrrole nitrogens is 1. The molecule has 3 rings (SSSR count). The van der Waals surface area contributed by atoms with Crippen molar-refractivity contribution in [3.63, 3.8) is 0 Å². The van der Waals surface area contributed by atoms with Gasteiger partial charge in [-0.25, -0.2) is 0 Å². The van der Waals surface area contributed by atoms with Gasteiger partial charge in [-0.1, -0.05) is 47.2 Å². The summed E-state index contributed by atoms with van der Waals surface area (Å²) in [6.45, 7) is 5.98. The molecule has 0 fully saturated rings.